The average molecular weight is 378 g/mol. The highest BCUT2D eigenvalue weighted by atomic mass is 32.1. The van der Waals surface area contributed by atoms with Gasteiger partial charge in [0.15, 0.2) is 11.6 Å². The van der Waals surface area contributed by atoms with E-state index in [-0.39, 0.29) is 18.3 Å². The summed E-state index contributed by atoms with van der Waals surface area (Å²) in [4.78, 5) is 17.0. The van der Waals surface area contributed by atoms with Crippen molar-refractivity contribution in [3.63, 3.8) is 0 Å². The Bertz CT molecular complexity index is 837. The van der Waals surface area contributed by atoms with E-state index in [9.17, 15) is 14.3 Å². The number of fused-ring (bicyclic) bond motifs is 1. The number of anilines is 1. The van der Waals surface area contributed by atoms with Gasteiger partial charge in [-0.2, -0.15) is 0 Å². The van der Waals surface area contributed by atoms with Crippen LogP contribution in [0.25, 0.3) is 10.6 Å². The lowest BCUT2D eigenvalue weighted by Gasteiger charge is -2.20. The van der Waals surface area contributed by atoms with Crippen molar-refractivity contribution in [3.8, 4) is 10.6 Å². The van der Waals surface area contributed by atoms with Crippen LogP contribution < -0.4 is 16.4 Å². The monoisotopic (exact) mass is 378 g/mol. The lowest BCUT2D eigenvalue weighted by molar-refractivity contribution is -0.119. The van der Waals surface area contributed by atoms with E-state index in [0.29, 0.717) is 23.2 Å². The van der Waals surface area contributed by atoms with E-state index in [1.807, 2.05) is 32.2 Å². The molecular formula is C18H23FN4O2S. The molecule has 0 saturated carbocycles. The van der Waals surface area contributed by atoms with Crippen LogP contribution in [-0.4, -0.2) is 22.0 Å². The number of aliphatic hydroxyl groups excluding tert-OH is 1. The molecule has 6 nitrogen and oxygen atoms in total. The zero-order chi connectivity index (χ0) is 19.0. The number of aromatic nitrogens is 1. The number of nitrogens with two attached hydrogens (primary N) is 1. The number of nitrogens with one attached hydrogen (secondary N) is 2. The summed E-state index contributed by atoms with van der Waals surface area (Å²) in [6, 6.07) is 1.23. The van der Waals surface area contributed by atoms with E-state index in [2.05, 4.69) is 15.6 Å². The molecule has 2 aromatic rings. The van der Waals surface area contributed by atoms with Crippen molar-refractivity contribution in [3.05, 3.63) is 34.0 Å². The van der Waals surface area contributed by atoms with Crippen LogP contribution in [0.1, 0.15) is 43.2 Å². The van der Waals surface area contributed by atoms with Gasteiger partial charge < -0.3 is 16.2 Å². The number of primary amides is 1. The molecule has 1 aliphatic rings. The number of hydrogen-bond acceptors (Lipinski definition) is 6. The van der Waals surface area contributed by atoms with Gasteiger partial charge in [-0.25, -0.2) is 9.37 Å². The van der Waals surface area contributed by atoms with Gasteiger partial charge in [-0.3, -0.25) is 10.1 Å². The summed E-state index contributed by atoms with van der Waals surface area (Å²) in [6.45, 7) is 6.08. The van der Waals surface area contributed by atoms with Crippen LogP contribution >= 0.6 is 11.3 Å². The predicted octanol–water partition coefficient (Wildman–Crippen LogP) is 2.66. The fourth-order valence-corrected chi connectivity index (χ4v) is 4.02. The van der Waals surface area contributed by atoms with E-state index in [1.165, 1.54) is 11.3 Å². The molecule has 0 aromatic carbocycles. The Kier molecular flexibility index (Phi) is 5.27. The molecule has 140 valence electrons. The zero-order valence-electron chi connectivity index (χ0n) is 15.0. The third kappa shape index (κ3) is 3.58. The minimum atomic E-state index is -0.971. The number of aryl methyl sites for hydroxylation is 1. The first-order chi connectivity index (χ1) is 12.3. The van der Waals surface area contributed by atoms with Crippen LogP contribution in [0, 0.1) is 18.7 Å². The Labute approximate surface area is 155 Å². The maximum atomic E-state index is 15.0. The molecule has 0 radical (unpaired) electrons. The van der Waals surface area contributed by atoms with E-state index in [4.69, 9.17) is 5.73 Å². The first kappa shape index (κ1) is 18.8. The van der Waals surface area contributed by atoms with Gasteiger partial charge in [-0.15, -0.1) is 11.3 Å². The van der Waals surface area contributed by atoms with Crippen LogP contribution in [0.4, 0.5) is 10.2 Å². The summed E-state index contributed by atoms with van der Waals surface area (Å²) in [5, 5.41) is 17.9. The molecule has 0 fully saturated rings. The smallest absolute Gasteiger partial charge is 0.239 e. The van der Waals surface area contributed by atoms with Gasteiger partial charge in [0, 0.05) is 17.7 Å². The van der Waals surface area contributed by atoms with Crippen LogP contribution in [0.15, 0.2) is 11.4 Å². The topological polar surface area (TPSA) is 100 Å². The highest BCUT2D eigenvalue weighted by Gasteiger charge is 2.31. The van der Waals surface area contributed by atoms with Crippen molar-refractivity contribution in [1.82, 2.24) is 10.3 Å². The minimum Gasteiger partial charge on any atom is -0.374 e. The number of pyridine rings is 1. The number of rotatable bonds is 6. The van der Waals surface area contributed by atoms with Gasteiger partial charge >= 0.3 is 0 Å². The fourth-order valence-electron chi connectivity index (χ4n) is 3.11. The number of thiophene rings is 1. The fraction of sp³-hybridized carbons (Fsp3) is 0.444. The Morgan fingerprint density at radius 2 is 2.31 bits per heavy atom. The molecule has 0 aliphatic carbocycles. The summed E-state index contributed by atoms with van der Waals surface area (Å²) < 4.78 is 15.0. The van der Waals surface area contributed by atoms with Gasteiger partial charge in [-0.1, -0.05) is 13.8 Å². The average Bonchev–Trinajstić information content (AvgIpc) is 3.15. The molecule has 1 unspecified atom stereocenters. The largest absolute Gasteiger partial charge is 0.374 e. The van der Waals surface area contributed by atoms with Gasteiger partial charge in [0.1, 0.15) is 12.3 Å². The van der Waals surface area contributed by atoms with Crippen LogP contribution in [-0.2, 0) is 11.3 Å². The molecule has 5 N–H and O–H groups in total. The normalized spacial score (nSPS) is 17.4. The number of carbonyl (C=O) groups is 1. The third-order valence-electron chi connectivity index (χ3n) is 4.35. The SMILES string of the molecule is Cc1csc(-c2nc(N[C@H](CC(C)C)C(N)=O)c(F)c3c2C(O)NC3)c1. The van der Waals surface area contributed by atoms with Crippen molar-refractivity contribution >= 4 is 23.1 Å². The van der Waals surface area contributed by atoms with Crippen molar-refractivity contribution in [2.45, 2.75) is 46.0 Å². The van der Waals surface area contributed by atoms with Crippen LogP contribution in [0.2, 0.25) is 0 Å². The van der Waals surface area contributed by atoms with Crippen molar-refractivity contribution < 1.29 is 14.3 Å². The number of nitrogens with zero attached hydrogens (tertiary/aromatic N) is 1. The lowest BCUT2D eigenvalue weighted by Crippen LogP contribution is -2.37. The Morgan fingerprint density at radius 3 is 2.88 bits per heavy atom. The van der Waals surface area contributed by atoms with E-state index in [0.717, 1.165) is 10.4 Å². The van der Waals surface area contributed by atoms with E-state index >= 15 is 0 Å². The number of hydrogen-bond donors (Lipinski definition) is 4. The standard InChI is InChI=1S/C18H23FN4O2S/c1-8(2)4-11(16(20)24)22-17-14(19)10-6-21-18(25)13(10)15(23-17)12-5-9(3)7-26-12/h5,7-8,11,18,21,25H,4,6H2,1-3H3,(H2,20,24)(H,22,23)/t11-,18?/m1/s1. The summed E-state index contributed by atoms with van der Waals surface area (Å²) in [7, 11) is 0. The molecule has 0 spiro atoms. The van der Waals surface area contributed by atoms with Crippen molar-refractivity contribution in [2.75, 3.05) is 5.32 Å². The molecular weight excluding hydrogens is 355 g/mol. The number of carbonyl (C=O) groups excluding carboxylic acids is 1. The Balaban J connectivity index is 2.08. The second kappa shape index (κ2) is 7.30. The van der Waals surface area contributed by atoms with Gasteiger partial charge in [-0.05, 0) is 36.3 Å². The van der Waals surface area contributed by atoms with Crippen molar-refractivity contribution in [2.24, 2.45) is 11.7 Å². The van der Waals surface area contributed by atoms with Gasteiger partial charge in [0.25, 0.3) is 0 Å². The number of halogens is 1. The quantitative estimate of drug-likeness (QED) is 0.619. The number of aliphatic hydroxyl groups is 1. The van der Waals surface area contributed by atoms with Crippen molar-refractivity contribution in [1.29, 1.82) is 0 Å². The molecule has 0 bridgehead atoms. The highest BCUT2D eigenvalue weighted by Crippen LogP contribution is 2.39. The second-order valence-corrected chi connectivity index (χ2v) is 7.93. The first-order valence-electron chi connectivity index (χ1n) is 8.53. The molecule has 0 saturated heterocycles. The summed E-state index contributed by atoms with van der Waals surface area (Å²) in [5.41, 5.74) is 7.87. The molecule has 1 aliphatic heterocycles. The Hall–Kier alpha value is -2.03. The summed E-state index contributed by atoms with van der Waals surface area (Å²) in [5.74, 6) is -0.909. The molecule has 8 heteroatoms. The van der Waals surface area contributed by atoms with Crippen LogP contribution in [0.3, 0.4) is 0 Å². The zero-order valence-corrected chi connectivity index (χ0v) is 15.8. The maximum absolute atomic E-state index is 15.0. The molecule has 2 atom stereocenters. The van der Waals surface area contributed by atoms with Gasteiger partial charge in [0.2, 0.25) is 5.91 Å². The lowest BCUT2D eigenvalue weighted by atomic mass is 10.0. The molecule has 2 aromatic heterocycles. The molecule has 26 heavy (non-hydrogen) atoms. The first-order valence-corrected chi connectivity index (χ1v) is 9.41. The maximum Gasteiger partial charge on any atom is 0.239 e. The molecule has 1 amide bonds. The second-order valence-electron chi connectivity index (χ2n) is 7.02. The van der Waals surface area contributed by atoms with Crippen LogP contribution in [0.5, 0.6) is 0 Å². The van der Waals surface area contributed by atoms with E-state index in [1.54, 1.807) is 0 Å². The Morgan fingerprint density at radius 1 is 1.58 bits per heavy atom. The summed E-state index contributed by atoms with van der Waals surface area (Å²) >= 11 is 1.48. The minimum absolute atomic E-state index is 0.00912. The van der Waals surface area contributed by atoms with Gasteiger partial charge in [0.05, 0.1) is 10.6 Å². The highest BCUT2D eigenvalue weighted by molar-refractivity contribution is 7.13. The predicted molar refractivity (Wildman–Crippen MR) is 100 cm³/mol. The third-order valence-corrected chi connectivity index (χ3v) is 5.40. The molecule has 3 rings (SSSR count). The molecule has 3 heterocycles. The number of amides is 1. The summed E-state index contributed by atoms with van der Waals surface area (Å²) in [6.07, 6.45) is -0.497. The van der Waals surface area contributed by atoms with E-state index < -0.39 is 24.0 Å².